The summed E-state index contributed by atoms with van der Waals surface area (Å²) in [5.41, 5.74) is 9.34. The van der Waals surface area contributed by atoms with E-state index in [0.29, 0.717) is 6.54 Å². The van der Waals surface area contributed by atoms with E-state index in [-0.39, 0.29) is 0 Å². The van der Waals surface area contributed by atoms with Crippen LogP contribution in [-0.4, -0.2) is 13.7 Å². The lowest BCUT2D eigenvalue weighted by Gasteiger charge is -2.08. The van der Waals surface area contributed by atoms with Crippen molar-refractivity contribution in [3.05, 3.63) is 65.2 Å². The van der Waals surface area contributed by atoms with E-state index in [1.54, 1.807) is 7.11 Å². The highest BCUT2D eigenvalue weighted by Crippen LogP contribution is 2.21. The predicted molar refractivity (Wildman–Crippen MR) is 75.0 cm³/mol. The molecule has 0 radical (unpaired) electrons. The maximum atomic E-state index is 5.54. The van der Waals surface area contributed by atoms with Gasteiger partial charge in [0.25, 0.3) is 0 Å². The van der Waals surface area contributed by atoms with Gasteiger partial charge in [0.2, 0.25) is 0 Å². The third-order valence-corrected chi connectivity index (χ3v) is 3.04. The fraction of sp³-hybridized carbons (Fsp3) is 0.250. The van der Waals surface area contributed by atoms with Crippen molar-refractivity contribution >= 4 is 0 Å². The van der Waals surface area contributed by atoms with Crippen molar-refractivity contribution in [2.24, 2.45) is 5.73 Å². The summed E-state index contributed by atoms with van der Waals surface area (Å²) in [6.07, 6.45) is 1.84. The van der Waals surface area contributed by atoms with Gasteiger partial charge in [-0.2, -0.15) is 0 Å². The Bertz CT molecular complexity index is 491. The van der Waals surface area contributed by atoms with Gasteiger partial charge in [0, 0.05) is 6.42 Å². The van der Waals surface area contributed by atoms with Gasteiger partial charge in [-0.3, -0.25) is 0 Å². The first-order chi connectivity index (χ1) is 8.83. The highest BCUT2D eigenvalue weighted by atomic mass is 16.5. The quantitative estimate of drug-likeness (QED) is 0.873. The third-order valence-electron chi connectivity index (χ3n) is 3.04. The molecule has 0 saturated carbocycles. The van der Waals surface area contributed by atoms with E-state index in [1.165, 1.54) is 16.7 Å². The van der Waals surface area contributed by atoms with Gasteiger partial charge in [0.05, 0.1) is 7.11 Å². The van der Waals surface area contributed by atoms with E-state index in [9.17, 15) is 0 Å². The first-order valence-electron chi connectivity index (χ1n) is 6.23. The Morgan fingerprint density at radius 2 is 1.61 bits per heavy atom. The Labute approximate surface area is 108 Å². The van der Waals surface area contributed by atoms with Crippen LogP contribution in [0.4, 0.5) is 0 Å². The normalized spacial score (nSPS) is 10.3. The summed E-state index contributed by atoms with van der Waals surface area (Å²) in [5, 5.41) is 0. The Kier molecular flexibility index (Phi) is 4.37. The van der Waals surface area contributed by atoms with Crippen LogP contribution in [-0.2, 0) is 12.8 Å². The fourth-order valence-corrected chi connectivity index (χ4v) is 2.06. The maximum Gasteiger partial charge on any atom is 0.122 e. The average molecular weight is 241 g/mol. The van der Waals surface area contributed by atoms with Crippen LogP contribution in [0.25, 0.3) is 0 Å². The van der Waals surface area contributed by atoms with Crippen LogP contribution in [0, 0.1) is 0 Å². The molecule has 0 atom stereocenters. The largest absolute Gasteiger partial charge is 0.496 e. The van der Waals surface area contributed by atoms with Gasteiger partial charge in [-0.1, -0.05) is 42.5 Å². The molecule has 2 aromatic rings. The van der Waals surface area contributed by atoms with Crippen molar-refractivity contribution < 1.29 is 4.74 Å². The Balaban J connectivity index is 2.13. The van der Waals surface area contributed by atoms with Crippen molar-refractivity contribution in [1.82, 2.24) is 0 Å². The molecule has 18 heavy (non-hydrogen) atoms. The first kappa shape index (κ1) is 12.7. The van der Waals surface area contributed by atoms with Crippen molar-refractivity contribution in [3.63, 3.8) is 0 Å². The minimum Gasteiger partial charge on any atom is -0.496 e. The molecule has 0 amide bonds. The smallest absolute Gasteiger partial charge is 0.122 e. The molecule has 0 aromatic heterocycles. The van der Waals surface area contributed by atoms with Crippen molar-refractivity contribution in [1.29, 1.82) is 0 Å². The first-order valence-corrected chi connectivity index (χ1v) is 6.23. The molecule has 94 valence electrons. The van der Waals surface area contributed by atoms with E-state index in [1.807, 2.05) is 18.2 Å². The molecule has 0 saturated heterocycles. The lowest BCUT2D eigenvalue weighted by Crippen LogP contribution is -2.02. The van der Waals surface area contributed by atoms with E-state index in [4.69, 9.17) is 10.5 Å². The van der Waals surface area contributed by atoms with Gasteiger partial charge in [0.1, 0.15) is 5.75 Å². The Hall–Kier alpha value is -1.80. The molecule has 0 spiro atoms. The SMILES string of the molecule is COc1ccccc1Cc1ccc(CCN)cc1. The van der Waals surface area contributed by atoms with Crippen LogP contribution in [0.15, 0.2) is 48.5 Å². The van der Waals surface area contributed by atoms with Crippen molar-refractivity contribution in [3.8, 4) is 5.75 Å². The topological polar surface area (TPSA) is 35.2 Å². The molecule has 2 heteroatoms. The second-order valence-corrected chi connectivity index (χ2v) is 4.34. The van der Waals surface area contributed by atoms with Crippen LogP contribution < -0.4 is 10.5 Å². The molecule has 2 aromatic carbocycles. The number of methoxy groups -OCH3 is 1. The zero-order chi connectivity index (χ0) is 12.8. The fourth-order valence-electron chi connectivity index (χ4n) is 2.06. The lowest BCUT2D eigenvalue weighted by molar-refractivity contribution is 0.410. The van der Waals surface area contributed by atoms with Crippen LogP contribution in [0.3, 0.4) is 0 Å². The van der Waals surface area contributed by atoms with E-state index in [0.717, 1.165) is 18.6 Å². The summed E-state index contributed by atoms with van der Waals surface area (Å²) in [4.78, 5) is 0. The maximum absolute atomic E-state index is 5.54. The highest BCUT2D eigenvalue weighted by molar-refractivity contribution is 5.38. The van der Waals surface area contributed by atoms with E-state index in [2.05, 4.69) is 30.3 Å². The molecular weight excluding hydrogens is 222 g/mol. The number of hydrogen-bond acceptors (Lipinski definition) is 2. The summed E-state index contributed by atoms with van der Waals surface area (Å²) in [7, 11) is 1.71. The van der Waals surface area contributed by atoms with Gasteiger partial charge < -0.3 is 10.5 Å². The van der Waals surface area contributed by atoms with Crippen LogP contribution in [0.5, 0.6) is 5.75 Å². The van der Waals surface area contributed by atoms with Crippen LogP contribution in [0.2, 0.25) is 0 Å². The summed E-state index contributed by atoms with van der Waals surface area (Å²) >= 11 is 0. The van der Waals surface area contributed by atoms with Gasteiger partial charge in [-0.15, -0.1) is 0 Å². The molecule has 2 rings (SSSR count). The van der Waals surface area contributed by atoms with Crippen LogP contribution >= 0.6 is 0 Å². The van der Waals surface area contributed by atoms with Gasteiger partial charge in [-0.05, 0) is 35.7 Å². The molecule has 2 nitrogen and oxygen atoms in total. The molecule has 0 aliphatic rings. The summed E-state index contributed by atoms with van der Waals surface area (Å²) < 4.78 is 5.36. The molecule has 0 bridgehead atoms. The number of ether oxygens (including phenoxy) is 1. The summed E-state index contributed by atoms with van der Waals surface area (Å²) in [6.45, 7) is 0.700. The van der Waals surface area contributed by atoms with E-state index < -0.39 is 0 Å². The molecule has 2 N–H and O–H groups in total. The molecule has 0 fully saturated rings. The standard InChI is InChI=1S/C16H19NO/c1-18-16-5-3-2-4-15(16)12-14-8-6-13(7-9-14)10-11-17/h2-9H,10-12,17H2,1H3. The number of rotatable bonds is 5. The average Bonchev–Trinajstić information content (AvgIpc) is 2.42. The van der Waals surface area contributed by atoms with Gasteiger partial charge in [-0.25, -0.2) is 0 Å². The van der Waals surface area contributed by atoms with Gasteiger partial charge >= 0.3 is 0 Å². The molecular formula is C16H19NO. The second-order valence-electron chi connectivity index (χ2n) is 4.34. The second kappa shape index (κ2) is 6.22. The Morgan fingerprint density at radius 3 is 2.28 bits per heavy atom. The Morgan fingerprint density at radius 1 is 0.944 bits per heavy atom. The molecule has 0 aliphatic carbocycles. The molecule has 0 heterocycles. The minimum absolute atomic E-state index is 0.700. The van der Waals surface area contributed by atoms with Crippen molar-refractivity contribution in [2.45, 2.75) is 12.8 Å². The molecule has 0 aliphatic heterocycles. The predicted octanol–water partition coefficient (Wildman–Crippen LogP) is 2.79. The number of hydrogen-bond donors (Lipinski definition) is 1. The third kappa shape index (κ3) is 3.11. The van der Waals surface area contributed by atoms with E-state index >= 15 is 0 Å². The number of nitrogens with two attached hydrogens (primary N) is 1. The van der Waals surface area contributed by atoms with Gasteiger partial charge in [0.15, 0.2) is 0 Å². The lowest BCUT2D eigenvalue weighted by atomic mass is 10.0. The van der Waals surface area contributed by atoms with Crippen LogP contribution in [0.1, 0.15) is 16.7 Å². The highest BCUT2D eigenvalue weighted by Gasteiger charge is 2.02. The zero-order valence-electron chi connectivity index (χ0n) is 10.7. The monoisotopic (exact) mass is 241 g/mol. The summed E-state index contributed by atoms with van der Waals surface area (Å²) in [5.74, 6) is 0.948. The number of benzene rings is 2. The zero-order valence-corrected chi connectivity index (χ0v) is 10.7. The number of para-hydroxylation sites is 1. The van der Waals surface area contributed by atoms with Crippen molar-refractivity contribution in [2.75, 3.05) is 13.7 Å². The summed E-state index contributed by atoms with van der Waals surface area (Å²) in [6, 6.07) is 16.8. The molecule has 0 unspecified atom stereocenters. The minimum atomic E-state index is 0.700.